The van der Waals surface area contributed by atoms with Gasteiger partial charge in [-0.2, -0.15) is 0 Å². The van der Waals surface area contributed by atoms with Crippen LogP contribution in [0.15, 0.2) is 54.6 Å². The summed E-state index contributed by atoms with van der Waals surface area (Å²) in [6.07, 6.45) is 3.07. The fourth-order valence-corrected chi connectivity index (χ4v) is 10.4. The Morgan fingerprint density at radius 1 is 0.750 bits per heavy atom. The molecule has 6 heterocycles. The van der Waals surface area contributed by atoms with Gasteiger partial charge in [0, 0.05) is 31.9 Å². The van der Waals surface area contributed by atoms with Crippen molar-refractivity contribution in [3.63, 3.8) is 0 Å². The van der Waals surface area contributed by atoms with Crippen LogP contribution in [0.25, 0.3) is 22.1 Å². The van der Waals surface area contributed by atoms with Gasteiger partial charge >= 0.3 is 12.2 Å². The number of methoxy groups -OCH3 is 1. The van der Waals surface area contributed by atoms with Crippen molar-refractivity contribution in [1.29, 1.82) is 0 Å². The number of fused-ring (bicyclic) bond motifs is 3. The zero-order valence-electron chi connectivity index (χ0n) is 37.2. The van der Waals surface area contributed by atoms with Gasteiger partial charge in [-0.15, -0.1) is 0 Å². The third-order valence-electron chi connectivity index (χ3n) is 13.6. The highest BCUT2D eigenvalue weighted by Gasteiger charge is 2.41. The van der Waals surface area contributed by atoms with Crippen molar-refractivity contribution in [1.82, 2.24) is 40.0 Å². The van der Waals surface area contributed by atoms with Gasteiger partial charge in [-0.25, -0.2) is 19.6 Å². The van der Waals surface area contributed by atoms with Gasteiger partial charge in [0.15, 0.2) is 11.5 Å². The van der Waals surface area contributed by atoms with Crippen molar-refractivity contribution >= 4 is 51.8 Å². The summed E-state index contributed by atoms with van der Waals surface area (Å²) in [4.78, 5) is 76.2. The summed E-state index contributed by atoms with van der Waals surface area (Å²) in [6, 6.07) is 16.7. The molecule has 17 heteroatoms. The maximum atomic E-state index is 13.9. The molecule has 0 saturated carbocycles. The number of benzene rings is 3. The predicted molar refractivity (Wildman–Crippen MR) is 238 cm³/mol. The number of anilines is 1. The molecule has 6 atom stereocenters. The first kappa shape index (κ1) is 42.8. The lowest BCUT2D eigenvalue weighted by atomic mass is 10.0. The monoisotopic (exact) mass is 875 g/mol. The number of hydrogen-bond donors (Lipinski definition) is 4. The summed E-state index contributed by atoms with van der Waals surface area (Å²) in [6.45, 7) is 8.83. The molecule has 0 unspecified atom stereocenters. The van der Waals surface area contributed by atoms with Crippen molar-refractivity contribution in [2.24, 2.45) is 11.8 Å². The molecular weight excluding hydrogens is 819 g/mol. The smallest absolute Gasteiger partial charge is 0.407 e. The van der Waals surface area contributed by atoms with Crippen LogP contribution in [0.1, 0.15) is 113 Å². The number of carboxylic acid groups (broad SMARTS) is 1. The number of ether oxygens (including phenoxy) is 3. The number of nitrogens with zero attached hydrogens (tertiary/aromatic N) is 6. The second-order valence-electron chi connectivity index (χ2n) is 18.2. The zero-order chi connectivity index (χ0) is 45.0. The second kappa shape index (κ2) is 17.2. The number of carbonyl (C=O) groups excluding carboxylic acids is 3. The topological polar surface area (TPSA) is 199 Å². The molecule has 2 aromatic heterocycles. The highest BCUT2D eigenvalue weighted by atomic mass is 16.7. The van der Waals surface area contributed by atoms with Crippen LogP contribution in [0, 0.1) is 11.8 Å². The standard InChI is InChI=1S/C47H57N9O8/c1-25(2)40(52-46(59)62-6)44(57)54-19-7-9-36(54)42-48-30-14-11-27(21-32(30)50-42)34-16-17-35(56(34)29-13-18-38-39(23-29)64-24-63-38)28-12-15-31-33(22-28)51-43(49-31)37-10-8-20-55(37)45(58)41(26(3)4)53(5)47(60)61/h11-15,18,21-23,25-26,34-37,40-41H,7-10,16-17,19-20,24H2,1-6H3,(H,48,50)(H,49,51)(H,52,59)(H,60,61)/t34-,35-,36+,37+,40+,41+/m1/s1. The minimum absolute atomic E-state index is 0.0135. The van der Waals surface area contributed by atoms with Gasteiger partial charge in [-0.1, -0.05) is 39.8 Å². The Morgan fingerprint density at radius 2 is 1.38 bits per heavy atom. The Kier molecular flexibility index (Phi) is 11.5. The van der Waals surface area contributed by atoms with Crippen LogP contribution in [-0.2, 0) is 14.3 Å². The van der Waals surface area contributed by atoms with Crippen LogP contribution < -0.4 is 19.7 Å². The average Bonchev–Trinajstić information content (AvgIpc) is 4.14. The molecule has 17 nitrogen and oxygen atoms in total. The quantitative estimate of drug-likeness (QED) is 0.102. The first-order valence-electron chi connectivity index (χ1n) is 22.4. The first-order valence-corrected chi connectivity index (χ1v) is 22.4. The number of likely N-dealkylation sites (N-methyl/N-ethyl adjacent to an activating group) is 1. The average molecular weight is 876 g/mol. The zero-order valence-corrected chi connectivity index (χ0v) is 37.2. The van der Waals surface area contributed by atoms with Crippen molar-refractivity contribution in [2.45, 2.75) is 102 Å². The summed E-state index contributed by atoms with van der Waals surface area (Å²) in [5, 5.41) is 12.5. The third kappa shape index (κ3) is 7.78. The van der Waals surface area contributed by atoms with Gasteiger partial charge in [-0.05, 0) is 97.9 Å². The lowest BCUT2D eigenvalue weighted by Crippen LogP contribution is -2.51. The Morgan fingerprint density at radius 3 is 2.03 bits per heavy atom. The number of nitrogens with one attached hydrogen (secondary N) is 3. The third-order valence-corrected chi connectivity index (χ3v) is 13.6. The van der Waals surface area contributed by atoms with E-state index in [2.05, 4.69) is 62.6 Å². The molecule has 64 heavy (non-hydrogen) atoms. The maximum Gasteiger partial charge on any atom is 0.407 e. The Balaban J connectivity index is 1.01. The molecule has 5 aromatic rings. The molecule has 0 spiro atoms. The van der Waals surface area contributed by atoms with Crippen LogP contribution in [0.4, 0.5) is 15.3 Å². The van der Waals surface area contributed by atoms with E-state index in [0.717, 1.165) is 88.1 Å². The molecule has 4 aliphatic heterocycles. The van der Waals surface area contributed by atoms with Gasteiger partial charge in [0.2, 0.25) is 18.6 Å². The van der Waals surface area contributed by atoms with Gasteiger partial charge < -0.3 is 49.3 Å². The summed E-state index contributed by atoms with van der Waals surface area (Å²) < 4.78 is 16.4. The molecule has 0 bridgehead atoms. The summed E-state index contributed by atoms with van der Waals surface area (Å²) in [7, 11) is 2.75. The van der Waals surface area contributed by atoms with E-state index in [9.17, 15) is 24.3 Å². The van der Waals surface area contributed by atoms with Crippen LogP contribution >= 0.6 is 0 Å². The van der Waals surface area contributed by atoms with Crippen molar-refractivity contribution in [3.05, 3.63) is 77.4 Å². The van der Waals surface area contributed by atoms with E-state index in [1.165, 1.54) is 14.2 Å². The molecule has 3 saturated heterocycles. The normalized spacial score (nSPS) is 21.7. The summed E-state index contributed by atoms with van der Waals surface area (Å²) in [5.41, 5.74) is 6.58. The Hall–Kier alpha value is -6.52. The van der Waals surface area contributed by atoms with Crippen molar-refractivity contribution in [2.75, 3.05) is 38.9 Å². The summed E-state index contributed by atoms with van der Waals surface area (Å²) in [5.74, 6) is 2.14. The molecule has 4 amide bonds. The number of hydrogen-bond acceptors (Lipinski definition) is 10. The number of aromatic nitrogens is 4. The molecule has 338 valence electrons. The van der Waals surface area contributed by atoms with Crippen LogP contribution in [0.2, 0.25) is 0 Å². The number of carbonyl (C=O) groups is 4. The van der Waals surface area contributed by atoms with E-state index in [1.807, 2.05) is 44.7 Å². The van der Waals surface area contributed by atoms with Gasteiger partial charge in [0.05, 0.1) is 53.3 Å². The van der Waals surface area contributed by atoms with E-state index in [1.54, 1.807) is 4.90 Å². The van der Waals surface area contributed by atoms with Crippen LogP contribution in [0.5, 0.6) is 11.5 Å². The second-order valence-corrected chi connectivity index (χ2v) is 18.2. The lowest BCUT2D eigenvalue weighted by molar-refractivity contribution is -0.138. The maximum absolute atomic E-state index is 13.9. The molecule has 4 N–H and O–H groups in total. The molecular formula is C47H57N9O8. The molecule has 4 aliphatic rings. The van der Waals surface area contributed by atoms with Crippen LogP contribution in [-0.4, -0.2) is 110 Å². The van der Waals surface area contributed by atoms with Crippen molar-refractivity contribution in [3.8, 4) is 11.5 Å². The number of H-pyrrole nitrogens is 2. The van der Waals surface area contributed by atoms with E-state index < -0.39 is 24.3 Å². The largest absolute Gasteiger partial charge is 0.465 e. The van der Waals surface area contributed by atoms with Crippen LogP contribution in [0.3, 0.4) is 0 Å². The summed E-state index contributed by atoms with van der Waals surface area (Å²) >= 11 is 0. The van der Waals surface area contributed by atoms with Gasteiger partial charge in [0.1, 0.15) is 23.7 Å². The molecule has 0 aliphatic carbocycles. The number of aromatic amines is 2. The number of likely N-dealkylation sites (tertiary alicyclic amines) is 2. The molecule has 9 rings (SSSR count). The molecule has 3 aromatic carbocycles. The highest BCUT2D eigenvalue weighted by Crippen LogP contribution is 2.50. The Bertz CT molecular complexity index is 2590. The fraction of sp³-hybridized carbons (Fsp3) is 0.489. The molecule has 0 radical (unpaired) electrons. The molecule has 3 fully saturated rings. The number of alkyl carbamates (subject to hydrolysis) is 1. The minimum atomic E-state index is -1.13. The lowest BCUT2D eigenvalue weighted by Gasteiger charge is -2.33. The van der Waals surface area contributed by atoms with E-state index in [0.29, 0.717) is 30.4 Å². The highest BCUT2D eigenvalue weighted by molar-refractivity contribution is 5.87. The van der Waals surface area contributed by atoms with E-state index in [4.69, 9.17) is 24.2 Å². The fourth-order valence-electron chi connectivity index (χ4n) is 10.4. The number of amides is 4. The van der Waals surface area contributed by atoms with Crippen molar-refractivity contribution < 1.29 is 38.5 Å². The first-order chi connectivity index (χ1) is 30.8. The minimum Gasteiger partial charge on any atom is -0.465 e. The SMILES string of the molecule is COC(=O)N[C@H](C(=O)N1CCC[C@H]1c1nc2cc([C@H]3CC[C@H](c4ccc5nc([C@@H]6CCCN6C(=O)[C@H](C(C)C)N(C)C(=O)O)[nH]c5c4)N3c3ccc4c(c3)OCO4)ccc2[nH]1)C(C)C. The number of imidazole rings is 2. The van der Waals surface area contributed by atoms with E-state index >= 15 is 0 Å². The number of rotatable bonds is 11. The van der Waals surface area contributed by atoms with Gasteiger partial charge in [0.25, 0.3) is 0 Å². The van der Waals surface area contributed by atoms with E-state index in [-0.39, 0.29) is 54.6 Å². The predicted octanol–water partition coefficient (Wildman–Crippen LogP) is 7.59. The Labute approximate surface area is 371 Å². The van der Waals surface area contributed by atoms with Gasteiger partial charge in [-0.3, -0.25) is 14.5 Å².